The lowest BCUT2D eigenvalue weighted by atomic mass is 10.2. The summed E-state index contributed by atoms with van der Waals surface area (Å²) in [5, 5.41) is 0. The smallest absolute Gasteiger partial charge is 0.264 e. The first-order chi connectivity index (χ1) is 8.36. The van der Waals surface area contributed by atoms with Gasteiger partial charge in [-0.3, -0.25) is 4.79 Å². The van der Waals surface area contributed by atoms with Crippen molar-refractivity contribution in [2.45, 2.75) is 31.8 Å². The summed E-state index contributed by atoms with van der Waals surface area (Å²) in [5.41, 5.74) is 0.947. The third-order valence-electron chi connectivity index (χ3n) is 2.35. The molecule has 0 fully saturated rings. The van der Waals surface area contributed by atoms with Crippen molar-refractivity contribution in [2.24, 2.45) is 0 Å². The fourth-order valence-corrected chi connectivity index (χ4v) is 2.36. The summed E-state index contributed by atoms with van der Waals surface area (Å²) in [6, 6.07) is 6.25. The number of hydrogen-bond acceptors (Lipinski definition) is 4. The largest absolute Gasteiger partial charge is 0.369 e. The lowest BCUT2D eigenvalue weighted by molar-refractivity contribution is -0.129. The number of benzene rings is 1. The first-order valence-electron chi connectivity index (χ1n) is 5.61. The number of carbonyl (C=O) groups is 1. The van der Waals surface area contributed by atoms with Crippen molar-refractivity contribution in [3.8, 4) is 0 Å². The van der Waals surface area contributed by atoms with Crippen LogP contribution in [0.5, 0.6) is 0 Å². The summed E-state index contributed by atoms with van der Waals surface area (Å²) in [7, 11) is -3.82. The second-order valence-electron chi connectivity index (χ2n) is 3.88. The SMILES string of the molecule is CCOC(C)C(=O)NS(=O)(=O)c1ccc(C)cc1. The Morgan fingerprint density at radius 3 is 2.39 bits per heavy atom. The highest BCUT2D eigenvalue weighted by Gasteiger charge is 2.21. The molecule has 0 aromatic heterocycles. The normalized spacial score (nSPS) is 13.1. The van der Waals surface area contributed by atoms with Crippen LogP contribution in [-0.2, 0) is 19.6 Å². The molecule has 5 nitrogen and oxygen atoms in total. The second kappa shape index (κ2) is 5.97. The van der Waals surface area contributed by atoms with Crippen molar-refractivity contribution < 1.29 is 17.9 Å². The minimum atomic E-state index is -3.82. The van der Waals surface area contributed by atoms with Crippen molar-refractivity contribution in [2.75, 3.05) is 6.61 Å². The first kappa shape index (κ1) is 14.7. The van der Waals surface area contributed by atoms with E-state index in [0.29, 0.717) is 6.61 Å². The van der Waals surface area contributed by atoms with Gasteiger partial charge in [0.1, 0.15) is 6.10 Å². The molecule has 0 bridgehead atoms. The van der Waals surface area contributed by atoms with E-state index in [1.165, 1.54) is 19.1 Å². The van der Waals surface area contributed by atoms with Crippen molar-refractivity contribution in [1.82, 2.24) is 4.72 Å². The van der Waals surface area contributed by atoms with Crippen molar-refractivity contribution >= 4 is 15.9 Å². The Kier molecular flexibility index (Phi) is 4.86. The van der Waals surface area contributed by atoms with E-state index in [-0.39, 0.29) is 4.90 Å². The zero-order valence-corrected chi connectivity index (χ0v) is 11.5. The van der Waals surface area contributed by atoms with Crippen molar-refractivity contribution in [1.29, 1.82) is 0 Å². The van der Waals surface area contributed by atoms with Crippen LogP contribution in [0.4, 0.5) is 0 Å². The Morgan fingerprint density at radius 2 is 1.89 bits per heavy atom. The Bertz CT molecular complexity index is 507. The van der Waals surface area contributed by atoms with E-state index in [4.69, 9.17) is 4.74 Å². The summed E-state index contributed by atoms with van der Waals surface area (Å²) >= 11 is 0. The van der Waals surface area contributed by atoms with Gasteiger partial charge in [-0.05, 0) is 32.9 Å². The zero-order valence-electron chi connectivity index (χ0n) is 10.6. The standard InChI is InChI=1S/C12H17NO4S/c1-4-17-10(3)12(14)13-18(15,16)11-7-5-9(2)6-8-11/h5-8,10H,4H2,1-3H3,(H,13,14). The highest BCUT2D eigenvalue weighted by atomic mass is 32.2. The fraction of sp³-hybridized carbons (Fsp3) is 0.417. The van der Waals surface area contributed by atoms with E-state index in [1.807, 2.05) is 11.6 Å². The average Bonchev–Trinajstić information content (AvgIpc) is 2.29. The van der Waals surface area contributed by atoms with E-state index < -0.39 is 22.0 Å². The molecule has 0 aliphatic carbocycles. The quantitative estimate of drug-likeness (QED) is 0.874. The minimum absolute atomic E-state index is 0.0603. The van der Waals surface area contributed by atoms with Gasteiger partial charge in [-0.15, -0.1) is 0 Å². The van der Waals surface area contributed by atoms with Gasteiger partial charge in [0.05, 0.1) is 4.90 Å². The van der Waals surface area contributed by atoms with Crippen LogP contribution in [0.3, 0.4) is 0 Å². The monoisotopic (exact) mass is 271 g/mol. The van der Waals surface area contributed by atoms with E-state index in [2.05, 4.69) is 0 Å². The molecule has 100 valence electrons. The topological polar surface area (TPSA) is 72.5 Å². The molecular formula is C12H17NO4S. The van der Waals surface area contributed by atoms with Crippen molar-refractivity contribution in [3.05, 3.63) is 29.8 Å². The van der Waals surface area contributed by atoms with Gasteiger partial charge in [0.15, 0.2) is 0 Å². The molecule has 0 spiro atoms. The molecule has 1 amide bonds. The van der Waals surface area contributed by atoms with Gasteiger partial charge >= 0.3 is 0 Å². The molecule has 0 saturated heterocycles. The third kappa shape index (κ3) is 3.82. The maximum absolute atomic E-state index is 11.9. The first-order valence-corrected chi connectivity index (χ1v) is 7.10. The summed E-state index contributed by atoms with van der Waals surface area (Å²) in [6.45, 7) is 5.44. The van der Waals surface area contributed by atoms with Crippen LogP contribution >= 0.6 is 0 Å². The molecule has 0 radical (unpaired) electrons. The molecule has 1 aromatic carbocycles. The van der Waals surface area contributed by atoms with Crippen molar-refractivity contribution in [3.63, 3.8) is 0 Å². The van der Waals surface area contributed by atoms with Crippen LogP contribution in [0.25, 0.3) is 0 Å². The Balaban J connectivity index is 2.82. The molecule has 0 saturated carbocycles. The minimum Gasteiger partial charge on any atom is -0.369 e. The molecule has 1 aromatic rings. The van der Waals surface area contributed by atoms with Crippen LogP contribution < -0.4 is 4.72 Å². The summed E-state index contributed by atoms with van der Waals surface area (Å²) in [5.74, 6) is -0.669. The molecule has 18 heavy (non-hydrogen) atoms. The highest BCUT2D eigenvalue weighted by Crippen LogP contribution is 2.10. The van der Waals surface area contributed by atoms with Crippen LogP contribution in [0.15, 0.2) is 29.2 Å². The number of aryl methyl sites for hydroxylation is 1. The molecule has 1 unspecified atom stereocenters. The zero-order chi connectivity index (χ0) is 13.8. The molecule has 1 atom stereocenters. The summed E-state index contributed by atoms with van der Waals surface area (Å²) in [6.07, 6.45) is -0.796. The molecule has 0 aliphatic rings. The van der Waals surface area contributed by atoms with E-state index in [9.17, 15) is 13.2 Å². The van der Waals surface area contributed by atoms with Gasteiger partial charge in [-0.2, -0.15) is 0 Å². The van der Waals surface area contributed by atoms with Gasteiger partial charge in [-0.25, -0.2) is 13.1 Å². The molecule has 0 heterocycles. The predicted octanol–water partition coefficient (Wildman–Crippen LogP) is 1.22. The number of rotatable bonds is 5. The van der Waals surface area contributed by atoms with E-state index >= 15 is 0 Å². The molecular weight excluding hydrogens is 254 g/mol. The number of carbonyl (C=O) groups excluding carboxylic acids is 1. The van der Waals surface area contributed by atoms with E-state index in [1.54, 1.807) is 19.1 Å². The summed E-state index contributed by atoms with van der Waals surface area (Å²) in [4.78, 5) is 11.6. The highest BCUT2D eigenvalue weighted by molar-refractivity contribution is 7.90. The lowest BCUT2D eigenvalue weighted by Crippen LogP contribution is -2.38. The Labute approximate surface area is 107 Å². The van der Waals surface area contributed by atoms with Crippen LogP contribution in [0.1, 0.15) is 19.4 Å². The maximum atomic E-state index is 11.9. The number of ether oxygens (including phenoxy) is 1. The second-order valence-corrected chi connectivity index (χ2v) is 5.56. The number of sulfonamides is 1. The van der Waals surface area contributed by atoms with Gasteiger partial charge in [-0.1, -0.05) is 17.7 Å². The molecule has 1 rings (SSSR count). The molecule has 0 aliphatic heterocycles. The van der Waals surface area contributed by atoms with E-state index in [0.717, 1.165) is 5.56 Å². The van der Waals surface area contributed by atoms with Crippen LogP contribution in [0, 0.1) is 6.92 Å². The van der Waals surface area contributed by atoms with Crippen LogP contribution in [0.2, 0.25) is 0 Å². The Morgan fingerprint density at radius 1 is 1.33 bits per heavy atom. The maximum Gasteiger partial charge on any atom is 0.264 e. The number of hydrogen-bond donors (Lipinski definition) is 1. The predicted molar refractivity (Wildman–Crippen MR) is 67.6 cm³/mol. The third-order valence-corrected chi connectivity index (χ3v) is 3.71. The molecule has 1 N–H and O–H groups in total. The lowest BCUT2D eigenvalue weighted by Gasteiger charge is -2.12. The van der Waals surface area contributed by atoms with Gasteiger partial charge in [0, 0.05) is 6.61 Å². The number of nitrogens with one attached hydrogen (secondary N) is 1. The number of amides is 1. The molecule has 6 heteroatoms. The summed E-state index contributed by atoms with van der Waals surface area (Å²) < 4.78 is 30.8. The van der Waals surface area contributed by atoms with Gasteiger partial charge < -0.3 is 4.74 Å². The van der Waals surface area contributed by atoms with Crippen LogP contribution in [-0.4, -0.2) is 27.0 Å². The Hall–Kier alpha value is -1.40. The van der Waals surface area contributed by atoms with Gasteiger partial charge in [0.2, 0.25) is 0 Å². The fourth-order valence-electron chi connectivity index (χ4n) is 1.32. The van der Waals surface area contributed by atoms with Gasteiger partial charge in [0.25, 0.3) is 15.9 Å². The average molecular weight is 271 g/mol.